The monoisotopic (exact) mass is 292 g/mol. The molecule has 1 fully saturated rings. The summed E-state index contributed by atoms with van der Waals surface area (Å²) in [6.45, 7) is 1.83. The first-order valence-electron chi connectivity index (χ1n) is 7.01. The first kappa shape index (κ1) is 14.9. The summed E-state index contributed by atoms with van der Waals surface area (Å²) in [6.07, 6.45) is 5.47. The van der Waals surface area contributed by atoms with Crippen LogP contribution in [0.4, 0.5) is 5.69 Å². The summed E-state index contributed by atoms with van der Waals surface area (Å²) in [5.74, 6) is 0.448. The van der Waals surface area contributed by atoms with Gasteiger partial charge in [-0.15, -0.1) is 0 Å². The van der Waals surface area contributed by atoms with Crippen LogP contribution in [0.1, 0.15) is 43.2 Å². The summed E-state index contributed by atoms with van der Waals surface area (Å²) in [5.41, 5.74) is 1.81. The summed E-state index contributed by atoms with van der Waals surface area (Å²) < 4.78 is 27.1. The van der Waals surface area contributed by atoms with E-state index in [1.165, 1.54) is 6.42 Å². The lowest BCUT2D eigenvalue weighted by Gasteiger charge is -2.21. The molecule has 20 heavy (non-hydrogen) atoms. The van der Waals surface area contributed by atoms with E-state index in [0.717, 1.165) is 31.2 Å². The second-order valence-corrected chi connectivity index (χ2v) is 7.30. The Labute approximate surface area is 120 Å². The summed E-state index contributed by atoms with van der Waals surface area (Å²) in [7, 11) is -3.34. The van der Waals surface area contributed by atoms with Crippen molar-refractivity contribution >= 4 is 15.7 Å². The highest BCUT2D eigenvalue weighted by atomic mass is 32.2. The number of hydrogen-bond acceptors (Lipinski definition) is 3. The predicted molar refractivity (Wildman–Crippen MR) is 79.9 cm³/mol. The van der Waals surface area contributed by atoms with E-state index in [2.05, 4.69) is 4.72 Å². The van der Waals surface area contributed by atoms with Crippen LogP contribution in [-0.2, 0) is 10.0 Å². The third kappa shape index (κ3) is 3.97. The lowest BCUT2D eigenvalue weighted by molar-refractivity contribution is 0.385. The molecular formula is C15H20N2O2S. The Morgan fingerprint density at radius 2 is 2.00 bits per heavy atom. The molecule has 0 spiro atoms. The molecule has 0 amide bonds. The second-order valence-electron chi connectivity index (χ2n) is 5.53. The lowest BCUT2D eigenvalue weighted by Crippen LogP contribution is -2.24. The summed E-state index contributed by atoms with van der Waals surface area (Å²) in [6, 6.07) is 7.07. The van der Waals surface area contributed by atoms with Crippen molar-refractivity contribution in [1.29, 1.82) is 5.26 Å². The van der Waals surface area contributed by atoms with Gasteiger partial charge in [-0.25, -0.2) is 8.42 Å². The Morgan fingerprint density at radius 1 is 1.30 bits per heavy atom. The smallest absolute Gasteiger partial charge is 0.233 e. The Kier molecular flexibility index (Phi) is 4.66. The van der Waals surface area contributed by atoms with Gasteiger partial charge in [-0.1, -0.05) is 25.3 Å². The highest BCUT2D eigenvalue weighted by Gasteiger charge is 2.21. The van der Waals surface area contributed by atoms with Gasteiger partial charge >= 0.3 is 0 Å². The normalized spacial score (nSPS) is 16.6. The van der Waals surface area contributed by atoms with E-state index < -0.39 is 10.0 Å². The van der Waals surface area contributed by atoms with Gasteiger partial charge in [-0.05, 0) is 43.4 Å². The van der Waals surface area contributed by atoms with Crippen molar-refractivity contribution < 1.29 is 8.42 Å². The summed E-state index contributed by atoms with van der Waals surface area (Å²) in [5, 5.41) is 8.89. The van der Waals surface area contributed by atoms with Crippen molar-refractivity contribution in [3.05, 3.63) is 29.3 Å². The molecule has 0 atom stereocenters. The molecule has 0 heterocycles. The van der Waals surface area contributed by atoms with Crippen molar-refractivity contribution in [2.24, 2.45) is 5.92 Å². The van der Waals surface area contributed by atoms with Crippen LogP contribution in [0.5, 0.6) is 0 Å². The zero-order valence-corrected chi connectivity index (χ0v) is 12.5. The third-order valence-corrected chi connectivity index (χ3v) is 5.25. The number of anilines is 1. The topological polar surface area (TPSA) is 70.0 Å². The number of nitrogens with one attached hydrogen (secondary N) is 1. The van der Waals surface area contributed by atoms with Crippen LogP contribution in [0.15, 0.2) is 18.2 Å². The molecule has 0 radical (unpaired) electrons. The zero-order valence-electron chi connectivity index (χ0n) is 11.7. The Hall–Kier alpha value is -1.54. The zero-order chi connectivity index (χ0) is 14.6. The number of nitrogens with zero attached hydrogens (tertiary/aromatic N) is 1. The van der Waals surface area contributed by atoms with Gasteiger partial charge in [-0.2, -0.15) is 5.26 Å². The lowest BCUT2D eigenvalue weighted by atomic mass is 9.91. The quantitative estimate of drug-likeness (QED) is 0.926. The van der Waals surface area contributed by atoms with Crippen LogP contribution in [0, 0.1) is 24.2 Å². The molecule has 0 aliphatic heterocycles. The van der Waals surface area contributed by atoms with Crippen molar-refractivity contribution in [1.82, 2.24) is 0 Å². The van der Waals surface area contributed by atoms with Crippen LogP contribution in [-0.4, -0.2) is 14.2 Å². The molecule has 0 unspecified atom stereocenters. The van der Waals surface area contributed by atoms with Gasteiger partial charge in [0.05, 0.1) is 23.1 Å². The molecule has 0 aromatic heterocycles. The third-order valence-electron chi connectivity index (χ3n) is 3.81. The minimum atomic E-state index is -3.34. The average molecular weight is 292 g/mol. The van der Waals surface area contributed by atoms with E-state index in [1.54, 1.807) is 18.2 Å². The summed E-state index contributed by atoms with van der Waals surface area (Å²) >= 11 is 0. The summed E-state index contributed by atoms with van der Waals surface area (Å²) in [4.78, 5) is 0. The molecule has 0 saturated heterocycles. The molecule has 1 aromatic rings. The maximum atomic E-state index is 12.2. The van der Waals surface area contributed by atoms with Crippen molar-refractivity contribution in [3.63, 3.8) is 0 Å². The van der Waals surface area contributed by atoms with E-state index >= 15 is 0 Å². The fraction of sp³-hybridized carbons (Fsp3) is 0.533. The number of benzene rings is 1. The van der Waals surface area contributed by atoms with E-state index in [4.69, 9.17) is 5.26 Å². The maximum absolute atomic E-state index is 12.2. The minimum absolute atomic E-state index is 0.184. The minimum Gasteiger partial charge on any atom is -0.283 e. The van der Waals surface area contributed by atoms with Gasteiger partial charge in [0.25, 0.3) is 0 Å². The fourth-order valence-corrected chi connectivity index (χ4v) is 4.27. The van der Waals surface area contributed by atoms with Crippen LogP contribution in [0.25, 0.3) is 0 Å². The molecule has 5 heteroatoms. The van der Waals surface area contributed by atoms with Crippen LogP contribution in [0.2, 0.25) is 0 Å². The number of nitriles is 1. The Bertz CT molecular complexity index is 611. The molecule has 1 saturated carbocycles. The van der Waals surface area contributed by atoms with Crippen molar-refractivity contribution in [3.8, 4) is 6.07 Å². The fourth-order valence-electron chi connectivity index (χ4n) is 2.67. The van der Waals surface area contributed by atoms with Crippen molar-refractivity contribution in [2.45, 2.75) is 39.0 Å². The van der Waals surface area contributed by atoms with E-state index in [1.807, 2.05) is 13.0 Å². The van der Waals surface area contributed by atoms with E-state index in [-0.39, 0.29) is 11.7 Å². The number of sulfonamides is 1. The molecule has 1 N–H and O–H groups in total. The Morgan fingerprint density at radius 3 is 2.65 bits per heavy atom. The first-order valence-corrected chi connectivity index (χ1v) is 8.66. The number of hydrogen-bond donors (Lipinski definition) is 1. The SMILES string of the molecule is Cc1ccc(C#N)cc1NS(=O)(=O)CC1CCCCC1. The molecule has 1 aliphatic carbocycles. The molecule has 2 rings (SSSR count). The van der Waals surface area contributed by atoms with Gasteiger partial charge in [0.1, 0.15) is 0 Å². The maximum Gasteiger partial charge on any atom is 0.233 e. The predicted octanol–water partition coefficient (Wildman–Crippen LogP) is 3.19. The Balaban J connectivity index is 2.09. The molecule has 1 aromatic carbocycles. The molecule has 1 aliphatic rings. The van der Waals surface area contributed by atoms with Gasteiger partial charge in [0.15, 0.2) is 0 Å². The molecule has 108 valence electrons. The highest BCUT2D eigenvalue weighted by Crippen LogP contribution is 2.26. The van der Waals surface area contributed by atoms with Crippen LogP contribution < -0.4 is 4.72 Å². The standard InChI is InChI=1S/C15H20N2O2S/c1-12-7-8-14(10-16)9-15(12)17-20(18,19)11-13-5-3-2-4-6-13/h7-9,13,17H,2-6,11H2,1H3. The van der Waals surface area contributed by atoms with Gasteiger partial charge in [0, 0.05) is 0 Å². The molecule has 0 bridgehead atoms. The highest BCUT2D eigenvalue weighted by molar-refractivity contribution is 7.92. The van der Waals surface area contributed by atoms with Gasteiger partial charge in [0.2, 0.25) is 10.0 Å². The van der Waals surface area contributed by atoms with Crippen molar-refractivity contribution in [2.75, 3.05) is 10.5 Å². The van der Waals surface area contributed by atoms with Crippen LogP contribution >= 0.6 is 0 Å². The van der Waals surface area contributed by atoms with Gasteiger partial charge < -0.3 is 0 Å². The molecular weight excluding hydrogens is 272 g/mol. The molecule has 4 nitrogen and oxygen atoms in total. The second kappa shape index (κ2) is 6.27. The van der Waals surface area contributed by atoms with E-state index in [9.17, 15) is 8.42 Å². The van der Waals surface area contributed by atoms with E-state index in [0.29, 0.717) is 11.3 Å². The van der Waals surface area contributed by atoms with Gasteiger partial charge in [-0.3, -0.25) is 4.72 Å². The average Bonchev–Trinajstić information content (AvgIpc) is 2.41. The largest absolute Gasteiger partial charge is 0.283 e. The number of aryl methyl sites for hydroxylation is 1. The number of rotatable bonds is 4. The first-order chi connectivity index (χ1) is 9.50. The van der Waals surface area contributed by atoms with Crippen LogP contribution in [0.3, 0.4) is 0 Å².